The Labute approximate surface area is 106 Å². The monoisotopic (exact) mass is 289 g/mol. The number of hydrogen-bond donors (Lipinski definition) is 1. The van der Waals surface area contributed by atoms with E-state index in [4.69, 9.17) is 4.42 Å². The van der Waals surface area contributed by atoms with Gasteiger partial charge in [0.2, 0.25) is 0 Å². The average Bonchev–Trinajstić information content (AvgIpc) is 2.90. The molecule has 0 bridgehead atoms. The number of rotatable bonds is 1. The quantitative estimate of drug-likeness (QED) is 0.816. The minimum Gasteiger partial charge on any atom is -0.465 e. The van der Waals surface area contributed by atoms with E-state index in [2.05, 4.69) is 21.2 Å². The maximum atomic E-state index is 11.8. The first-order chi connectivity index (χ1) is 8.24. The number of hydrogen-bond acceptors (Lipinski definition) is 2. The van der Waals surface area contributed by atoms with Crippen LogP contribution in [0.4, 0.5) is 5.69 Å². The van der Waals surface area contributed by atoms with E-state index in [-0.39, 0.29) is 5.91 Å². The van der Waals surface area contributed by atoms with Gasteiger partial charge in [0.1, 0.15) is 5.76 Å². The Balaban J connectivity index is 2.13. The zero-order chi connectivity index (χ0) is 11.8. The molecule has 1 aromatic carbocycles. The fraction of sp³-hybridized carbons (Fsp3) is 0. The number of carbonyl (C=O) groups is 1. The number of nitrogens with one attached hydrogen (secondary N) is 1. The second-order valence-corrected chi connectivity index (χ2v) is 4.63. The van der Waals surface area contributed by atoms with Crippen LogP contribution in [0.2, 0.25) is 0 Å². The Morgan fingerprint density at radius 1 is 1.29 bits per heavy atom. The third kappa shape index (κ3) is 1.80. The fourth-order valence-corrected chi connectivity index (χ4v) is 2.18. The summed E-state index contributed by atoms with van der Waals surface area (Å²) in [5, 5.41) is 2.82. The predicted octanol–water partition coefficient (Wildman–Crippen LogP) is 3.53. The number of benzene rings is 1. The predicted molar refractivity (Wildman–Crippen MR) is 69.4 cm³/mol. The summed E-state index contributed by atoms with van der Waals surface area (Å²) in [7, 11) is 0. The SMILES string of the molecule is O=C1Nc2ccc(Br)cc2/C1=C/c1ccco1. The molecule has 1 aliphatic heterocycles. The third-order valence-corrected chi connectivity index (χ3v) is 3.09. The van der Waals surface area contributed by atoms with E-state index >= 15 is 0 Å². The molecule has 3 rings (SSSR count). The number of furan rings is 1. The zero-order valence-electron chi connectivity index (χ0n) is 8.74. The van der Waals surface area contributed by atoms with Crippen molar-refractivity contribution < 1.29 is 9.21 Å². The molecule has 1 N–H and O–H groups in total. The van der Waals surface area contributed by atoms with Crippen LogP contribution in [-0.2, 0) is 4.79 Å². The Hall–Kier alpha value is -1.81. The van der Waals surface area contributed by atoms with E-state index in [0.717, 1.165) is 15.7 Å². The normalized spacial score (nSPS) is 16.1. The lowest BCUT2D eigenvalue weighted by molar-refractivity contribution is -0.110. The second-order valence-electron chi connectivity index (χ2n) is 3.72. The molecule has 2 aromatic rings. The highest BCUT2D eigenvalue weighted by Gasteiger charge is 2.24. The van der Waals surface area contributed by atoms with Crippen molar-refractivity contribution in [3.05, 3.63) is 52.4 Å². The molecule has 17 heavy (non-hydrogen) atoms. The molecular formula is C13H8BrNO2. The van der Waals surface area contributed by atoms with Gasteiger partial charge in [-0.3, -0.25) is 4.79 Å². The summed E-state index contributed by atoms with van der Waals surface area (Å²) in [6.45, 7) is 0. The van der Waals surface area contributed by atoms with Gasteiger partial charge in [-0.1, -0.05) is 15.9 Å². The van der Waals surface area contributed by atoms with E-state index in [9.17, 15) is 4.79 Å². The molecule has 0 atom stereocenters. The molecule has 0 fully saturated rings. The summed E-state index contributed by atoms with van der Waals surface area (Å²) in [4.78, 5) is 11.8. The summed E-state index contributed by atoms with van der Waals surface area (Å²) in [5.74, 6) is 0.567. The fourth-order valence-electron chi connectivity index (χ4n) is 1.82. The first kappa shape index (κ1) is 10.4. The van der Waals surface area contributed by atoms with Gasteiger partial charge in [0.15, 0.2) is 0 Å². The number of anilines is 1. The van der Waals surface area contributed by atoms with Crippen molar-refractivity contribution in [3.63, 3.8) is 0 Å². The molecule has 0 saturated carbocycles. The van der Waals surface area contributed by atoms with E-state index in [0.29, 0.717) is 11.3 Å². The standard InChI is InChI=1S/C13H8BrNO2/c14-8-3-4-12-10(6-8)11(13(16)15-12)7-9-2-1-5-17-9/h1-7H,(H,15,16)/b11-7-. The van der Waals surface area contributed by atoms with Crippen LogP contribution in [0.1, 0.15) is 11.3 Å². The molecule has 1 aliphatic rings. The molecule has 1 aromatic heterocycles. The Morgan fingerprint density at radius 2 is 2.18 bits per heavy atom. The van der Waals surface area contributed by atoms with Crippen molar-refractivity contribution in [2.45, 2.75) is 0 Å². The Bertz CT molecular complexity index is 614. The van der Waals surface area contributed by atoms with Crippen molar-refractivity contribution >= 4 is 39.2 Å². The topological polar surface area (TPSA) is 42.2 Å². The lowest BCUT2D eigenvalue weighted by atomic mass is 10.1. The third-order valence-electron chi connectivity index (χ3n) is 2.59. The van der Waals surface area contributed by atoms with Gasteiger partial charge in [-0.05, 0) is 36.4 Å². The molecule has 0 radical (unpaired) electrons. The van der Waals surface area contributed by atoms with E-state index in [1.165, 1.54) is 0 Å². The maximum absolute atomic E-state index is 11.8. The molecule has 1 amide bonds. The molecule has 3 nitrogen and oxygen atoms in total. The first-order valence-electron chi connectivity index (χ1n) is 5.10. The minimum absolute atomic E-state index is 0.102. The van der Waals surface area contributed by atoms with Gasteiger partial charge in [0.25, 0.3) is 5.91 Å². The van der Waals surface area contributed by atoms with Gasteiger partial charge < -0.3 is 9.73 Å². The van der Waals surface area contributed by atoms with Crippen LogP contribution in [0.3, 0.4) is 0 Å². The number of amides is 1. The lowest BCUT2D eigenvalue weighted by Gasteiger charge is -1.98. The Morgan fingerprint density at radius 3 is 2.94 bits per heavy atom. The van der Waals surface area contributed by atoms with Crippen molar-refractivity contribution in [1.29, 1.82) is 0 Å². The smallest absolute Gasteiger partial charge is 0.256 e. The van der Waals surface area contributed by atoms with Crippen LogP contribution >= 0.6 is 15.9 Å². The molecule has 0 aliphatic carbocycles. The van der Waals surface area contributed by atoms with Gasteiger partial charge >= 0.3 is 0 Å². The summed E-state index contributed by atoms with van der Waals surface area (Å²) in [6, 6.07) is 9.30. The van der Waals surface area contributed by atoms with Gasteiger partial charge in [0.05, 0.1) is 11.8 Å². The molecule has 0 spiro atoms. The van der Waals surface area contributed by atoms with Crippen LogP contribution in [0.5, 0.6) is 0 Å². The largest absolute Gasteiger partial charge is 0.465 e. The van der Waals surface area contributed by atoms with Crippen LogP contribution in [0.15, 0.2) is 45.5 Å². The molecular weight excluding hydrogens is 282 g/mol. The number of halogens is 1. The van der Waals surface area contributed by atoms with E-state index < -0.39 is 0 Å². The highest BCUT2D eigenvalue weighted by atomic mass is 79.9. The van der Waals surface area contributed by atoms with Crippen LogP contribution < -0.4 is 5.32 Å². The molecule has 0 saturated heterocycles. The van der Waals surface area contributed by atoms with Crippen LogP contribution in [-0.4, -0.2) is 5.91 Å². The summed E-state index contributed by atoms with van der Waals surface area (Å²) < 4.78 is 6.16. The minimum atomic E-state index is -0.102. The molecule has 4 heteroatoms. The molecule has 0 unspecified atom stereocenters. The van der Waals surface area contributed by atoms with Crippen LogP contribution in [0, 0.1) is 0 Å². The van der Waals surface area contributed by atoms with Crippen molar-refractivity contribution in [1.82, 2.24) is 0 Å². The second kappa shape index (κ2) is 3.89. The van der Waals surface area contributed by atoms with Gasteiger partial charge in [-0.25, -0.2) is 0 Å². The lowest BCUT2D eigenvalue weighted by Crippen LogP contribution is -2.03. The Kier molecular flexibility index (Phi) is 2.37. The summed E-state index contributed by atoms with van der Waals surface area (Å²) >= 11 is 3.40. The van der Waals surface area contributed by atoms with Crippen molar-refractivity contribution in [2.75, 3.05) is 5.32 Å². The van der Waals surface area contributed by atoms with Crippen LogP contribution in [0.25, 0.3) is 11.6 Å². The van der Waals surface area contributed by atoms with Gasteiger partial charge in [-0.2, -0.15) is 0 Å². The number of carbonyl (C=O) groups excluding carboxylic acids is 1. The van der Waals surface area contributed by atoms with E-state index in [1.54, 1.807) is 18.4 Å². The molecule has 84 valence electrons. The highest BCUT2D eigenvalue weighted by molar-refractivity contribution is 9.10. The van der Waals surface area contributed by atoms with Gasteiger partial charge in [0, 0.05) is 15.7 Å². The summed E-state index contributed by atoms with van der Waals surface area (Å²) in [6.07, 6.45) is 3.33. The van der Waals surface area contributed by atoms with Crippen molar-refractivity contribution in [2.24, 2.45) is 0 Å². The summed E-state index contributed by atoms with van der Waals surface area (Å²) in [5.41, 5.74) is 2.34. The molecule has 2 heterocycles. The van der Waals surface area contributed by atoms with Gasteiger partial charge in [-0.15, -0.1) is 0 Å². The average molecular weight is 290 g/mol. The highest BCUT2D eigenvalue weighted by Crippen LogP contribution is 2.34. The van der Waals surface area contributed by atoms with Crippen molar-refractivity contribution in [3.8, 4) is 0 Å². The maximum Gasteiger partial charge on any atom is 0.256 e. The first-order valence-corrected chi connectivity index (χ1v) is 5.90. The number of fused-ring (bicyclic) bond motifs is 1. The van der Waals surface area contributed by atoms with E-state index in [1.807, 2.05) is 24.3 Å². The zero-order valence-corrected chi connectivity index (χ0v) is 10.3.